The van der Waals surface area contributed by atoms with Crippen LogP contribution in [0, 0.1) is 5.41 Å². The Labute approximate surface area is 93.1 Å². The molecule has 3 heteroatoms. The SMILES string of the molecule is CCCNC(=S)N1CCCC(C)(C)C1. The molecule has 0 aliphatic carbocycles. The van der Waals surface area contributed by atoms with Crippen LogP contribution in [-0.2, 0) is 0 Å². The highest BCUT2D eigenvalue weighted by Crippen LogP contribution is 2.28. The lowest BCUT2D eigenvalue weighted by Crippen LogP contribution is -2.48. The molecule has 0 saturated carbocycles. The molecule has 1 aliphatic heterocycles. The second-order valence-corrected chi connectivity index (χ2v) is 5.31. The molecule has 1 saturated heterocycles. The highest BCUT2D eigenvalue weighted by molar-refractivity contribution is 7.80. The van der Waals surface area contributed by atoms with Gasteiger partial charge in [-0.05, 0) is 36.9 Å². The number of nitrogens with one attached hydrogen (secondary N) is 1. The molecule has 14 heavy (non-hydrogen) atoms. The first-order valence-corrected chi connectivity index (χ1v) is 5.99. The first kappa shape index (κ1) is 11.8. The Morgan fingerprint density at radius 2 is 2.21 bits per heavy atom. The van der Waals surface area contributed by atoms with Gasteiger partial charge in [0, 0.05) is 19.6 Å². The number of rotatable bonds is 2. The Morgan fingerprint density at radius 3 is 2.79 bits per heavy atom. The van der Waals surface area contributed by atoms with Crippen LogP contribution in [0.4, 0.5) is 0 Å². The summed E-state index contributed by atoms with van der Waals surface area (Å²) in [5.41, 5.74) is 0.427. The van der Waals surface area contributed by atoms with Crippen molar-refractivity contribution >= 4 is 17.3 Å². The number of nitrogens with zero attached hydrogens (tertiary/aromatic N) is 1. The third-order valence-electron chi connectivity index (χ3n) is 2.71. The largest absolute Gasteiger partial charge is 0.363 e. The zero-order chi connectivity index (χ0) is 10.6. The van der Waals surface area contributed by atoms with E-state index >= 15 is 0 Å². The van der Waals surface area contributed by atoms with Crippen molar-refractivity contribution in [3.8, 4) is 0 Å². The van der Waals surface area contributed by atoms with E-state index in [4.69, 9.17) is 12.2 Å². The minimum absolute atomic E-state index is 0.427. The number of piperidine rings is 1. The summed E-state index contributed by atoms with van der Waals surface area (Å²) in [6.45, 7) is 10.0. The van der Waals surface area contributed by atoms with E-state index in [9.17, 15) is 0 Å². The van der Waals surface area contributed by atoms with Crippen molar-refractivity contribution in [2.24, 2.45) is 5.41 Å². The van der Waals surface area contributed by atoms with Crippen LogP contribution in [0.1, 0.15) is 40.0 Å². The number of hydrogen-bond acceptors (Lipinski definition) is 1. The fourth-order valence-electron chi connectivity index (χ4n) is 1.94. The standard InChI is InChI=1S/C11H22N2S/c1-4-7-12-10(14)13-8-5-6-11(2,3)9-13/h4-9H2,1-3H3,(H,12,14). The first-order valence-electron chi connectivity index (χ1n) is 5.58. The third kappa shape index (κ3) is 3.45. The van der Waals surface area contributed by atoms with E-state index in [2.05, 4.69) is 31.0 Å². The Hall–Kier alpha value is -0.310. The van der Waals surface area contributed by atoms with E-state index in [1.165, 1.54) is 12.8 Å². The molecule has 1 fully saturated rings. The molecule has 1 N–H and O–H groups in total. The average Bonchev–Trinajstić information content (AvgIpc) is 2.12. The van der Waals surface area contributed by atoms with Crippen LogP contribution < -0.4 is 5.32 Å². The van der Waals surface area contributed by atoms with Crippen LogP contribution in [0.2, 0.25) is 0 Å². The average molecular weight is 214 g/mol. The van der Waals surface area contributed by atoms with Crippen molar-refractivity contribution in [2.75, 3.05) is 19.6 Å². The van der Waals surface area contributed by atoms with E-state index in [1.807, 2.05) is 0 Å². The van der Waals surface area contributed by atoms with E-state index in [1.54, 1.807) is 0 Å². The van der Waals surface area contributed by atoms with Gasteiger partial charge in [-0.25, -0.2) is 0 Å². The maximum absolute atomic E-state index is 5.36. The second kappa shape index (κ2) is 4.96. The maximum Gasteiger partial charge on any atom is 0.168 e. The van der Waals surface area contributed by atoms with Gasteiger partial charge in [-0.1, -0.05) is 20.8 Å². The van der Waals surface area contributed by atoms with Gasteiger partial charge in [-0.3, -0.25) is 0 Å². The summed E-state index contributed by atoms with van der Waals surface area (Å²) >= 11 is 5.36. The van der Waals surface area contributed by atoms with Gasteiger partial charge in [0.05, 0.1) is 0 Å². The highest BCUT2D eigenvalue weighted by atomic mass is 32.1. The van der Waals surface area contributed by atoms with Crippen LogP contribution in [0.15, 0.2) is 0 Å². The van der Waals surface area contributed by atoms with Gasteiger partial charge in [0.15, 0.2) is 5.11 Å². The van der Waals surface area contributed by atoms with Crippen molar-refractivity contribution in [2.45, 2.75) is 40.0 Å². The van der Waals surface area contributed by atoms with Crippen LogP contribution in [0.3, 0.4) is 0 Å². The van der Waals surface area contributed by atoms with Crippen LogP contribution in [0.25, 0.3) is 0 Å². The number of hydrogen-bond donors (Lipinski definition) is 1. The zero-order valence-corrected chi connectivity index (χ0v) is 10.4. The molecule has 82 valence electrons. The van der Waals surface area contributed by atoms with Gasteiger partial charge in [-0.2, -0.15) is 0 Å². The fraction of sp³-hybridized carbons (Fsp3) is 0.909. The molecule has 0 unspecified atom stereocenters. The summed E-state index contributed by atoms with van der Waals surface area (Å²) in [6.07, 6.45) is 3.72. The summed E-state index contributed by atoms with van der Waals surface area (Å²) in [5.74, 6) is 0. The Morgan fingerprint density at radius 1 is 1.50 bits per heavy atom. The molecule has 2 nitrogen and oxygen atoms in total. The Balaban J connectivity index is 2.40. The normalized spacial score (nSPS) is 20.6. The van der Waals surface area contributed by atoms with E-state index in [0.29, 0.717) is 5.41 Å². The smallest absolute Gasteiger partial charge is 0.168 e. The Kier molecular flexibility index (Phi) is 4.17. The molecule has 0 aromatic rings. The lowest BCUT2D eigenvalue weighted by atomic mass is 9.84. The maximum atomic E-state index is 5.36. The molecule has 0 amide bonds. The van der Waals surface area contributed by atoms with Crippen molar-refractivity contribution in [1.29, 1.82) is 0 Å². The minimum Gasteiger partial charge on any atom is -0.363 e. The summed E-state index contributed by atoms with van der Waals surface area (Å²) in [5, 5.41) is 4.24. The zero-order valence-electron chi connectivity index (χ0n) is 9.60. The molecule has 0 radical (unpaired) electrons. The topological polar surface area (TPSA) is 15.3 Å². The molecule has 0 bridgehead atoms. The van der Waals surface area contributed by atoms with Crippen molar-refractivity contribution < 1.29 is 0 Å². The van der Waals surface area contributed by atoms with Gasteiger partial charge in [0.1, 0.15) is 0 Å². The molecule has 0 aromatic heterocycles. The summed E-state index contributed by atoms with van der Waals surface area (Å²) in [7, 11) is 0. The molecule has 0 atom stereocenters. The van der Waals surface area contributed by atoms with Gasteiger partial charge < -0.3 is 10.2 Å². The predicted molar refractivity (Wildman–Crippen MR) is 65.5 cm³/mol. The predicted octanol–water partition coefficient (Wildman–Crippen LogP) is 2.39. The van der Waals surface area contributed by atoms with Crippen molar-refractivity contribution in [1.82, 2.24) is 10.2 Å². The van der Waals surface area contributed by atoms with Gasteiger partial charge in [0.25, 0.3) is 0 Å². The number of thiocarbonyl (C=S) groups is 1. The first-order chi connectivity index (χ1) is 6.55. The van der Waals surface area contributed by atoms with Gasteiger partial charge >= 0.3 is 0 Å². The molecule has 1 rings (SSSR count). The van der Waals surface area contributed by atoms with Crippen LogP contribution in [0.5, 0.6) is 0 Å². The third-order valence-corrected chi connectivity index (χ3v) is 3.12. The molecular weight excluding hydrogens is 192 g/mol. The van der Waals surface area contributed by atoms with E-state index < -0.39 is 0 Å². The quantitative estimate of drug-likeness (QED) is 0.711. The summed E-state index contributed by atoms with van der Waals surface area (Å²) < 4.78 is 0. The molecule has 0 spiro atoms. The van der Waals surface area contributed by atoms with Crippen molar-refractivity contribution in [3.63, 3.8) is 0 Å². The molecule has 0 aromatic carbocycles. The molecular formula is C11H22N2S. The monoisotopic (exact) mass is 214 g/mol. The molecule has 1 aliphatic rings. The van der Waals surface area contributed by atoms with Crippen LogP contribution in [-0.4, -0.2) is 29.6 Å². The summed E-state index contributed by atoms with van der Waals surface area (Å²) in [4.78, 5) is 2.31. The second-order valence-electron chi connectivity index (χ2n) is 4.92. The fourth-order valence-corrected chi connectivity index (χ4v) is 2.20. The lowest BCUT2D eigenvalue weighted by molar-refractivity contribution is 0.177. The molecule has 1 heterocycles. The summed E-state index contributed by atoms with van der Waals surface area (Å²) in [6, 6.07) is 0. The van der Waals surface area contributed by atoms with Gasteiger partial charge in [0.2, 0.25) is 0 Å². The van der Waals surface area contributed by atoms with Crippen molar-refractivity contribution in [3.05, 3.63) is 0 Å². The number of likely N-dealkylation sites (tertiary alicyclic amines) is 1. The lowest BCUT2D eigenvalue weighted by Gasteiger charge is -2.39. The van der Waals surface area contributed by atoms with E-state index in [-0.39, 0.29) is 0 Å². The van der Waals surface area contributed by atoms with Crippen LogP contribution >= 0.6 is 12.2 Å². The van der Waals surface area contributed by atoms with E-state index in [0.717, 1.165) is 31.2 Å². The highest BCUT2D eigenvalue weighted by Gasteiger charge is 2.27. The van der Waals surface area contributed by atoms with Gasteiger partial charge in [-0.15, -0.1) is 0 Å². The minimum atomic E-state index is 0.427. The Bertz CT molecular complexity index is 201.